The van der Waals surface area contributed by atoms with Crippen LogP contribution in [-0.4, -0.2) is 61.1 Å². The Morgan fingerprint density at radius 3 is 0.878 bits per heavy atom. The van der Waals surface area contributed by atoms with Crippen molar-refractivity contribution in [3.05, 3.63) is 55.9 Å². The third-order valence-corrected chi connectivity index (χ3v) is 17.9. The molecule has 2 aliphatic rings. The summed E-state index contributed by atoms with van der Waals surface area (Å²) in [7, 11) is 0. The second kappa shape index (κ2) is 42.7. The largest absolute Gasteiger partial charge is 0.379 e. The molecule has 2 atom stereocenters. The van der Waals surface area contributed by atoms with Crippen LogP contribution in [0.1, 0.15) is 294 Å². The molecular formula is C66H112N2O4S2. The van der Waals surface area contributed by atoms with Gasteiger partial charge >= 0.3 is 0 Å². The summed E-state index contributed by atoms with van der Waals surface area (Å²) in [6, 6.07) is 8.19. The van der Waals surface area contributed by atoms with Crippen molar-refractivity contribution in [2.75, 3.05) is 39.5 Å². The normalized spacial score (nSPS) is 14.7. The van der Waals surface area contributed by atoms with Gasteiger partial charge in [-0.05, 0) is 60.4 Å². The third kappa shape index (κ3) is 25.5. The predicted molar refractivity (Wildman–Crippen MR) is 322 cm³/mol. The standard InChI is InChI=1S/C66H112N2O4S2/c1-5-9-13-17-21-25-27-31-35-39-45-57(43-37-33-29-23-19-15-11-7-3)55-71-51-49-67-63(59-47-41-53-73-59)61-62(65(67)69)64(60-48-42-54-74-60)68(66(61)70)50-52-72-56-58(44-38-34-30-24-20-16-12-8-4)46-40-36-32-28-26-22-18-14-10-6-2/h41-42,47-48,53-54,57-58H,5-40,43-46,49-52,55-56H2,1-4H3. The van der Waals surface area contributed by atoms with Crippen molar-refractivity contribution >= 4 is 45.9 Å². The van der Waals surface area contributed by atoms with Gasteiger partial charge < -0.3 is 19.3 Å². The first-order chi connectivity index (χ1) is 36.5. The van der Waals surface area contributed by atoms with E-state index >= 15 is 0 Å². The number of carbonyl (C=O) groups is 2. The molecule has 74 heavy (non-hydrogen) atoms. The molecule has 0 saturated carbocycles. The zero-order chi connectivity index (χ0) is 52.5. The van der Waals surface area contributed by atoms with E-state index in [-0.39, 0.29) is 11.8 Å². The lowest BCUT2D eigenvalue weighted by Gasteiger charge is -2.25. The number of rotatable bonds is 52. The highest BCUT2D eigenvalue weighted by atomic mass is 32.1. The molecule has 2 aromatic heterocycles. The lowest BCUT2D eigenvalue weighted by Crippen LogP contribution is -2.33. The molecule has 0 radical (unpaired) electrons. The van der Waals surface area contributed by atoms with E-state index in [1.807, 2.05) is 21.9 Å². The Morgan fingerprint density at radius 2 is 0.635 bits per heavy atom. The summed E-state index contributed by atoms with van der Waals surface area (Å²) in [4.78, 5) is 35.4. The number of fused-ring (bicyclic) bond motifs is 1. The van der Waals surface area contributed by atoms with Gasteiger partial charge in [0.25, 0.3) is 11.8 Å². The zero-order valence-corrected chi connectivity index (χ0v) is 50.1. The molecule has 0 aromatic carbocycles. The molecule has 4 heterocycles. The van der Waals surface area contributed by atoms with Crippen LogP contribution < -0.4 is 0 Å². The lowest BCUT2D eigenvalue weighted by atomic mass is 9.94. The molecule has 8 heteroatoms. The van der Waals surface area contributed by atoms with E-state index in [1.165, 1.54) is 257 Å². The molecule has 422 valence electrons. The van der Waals surface area contributed by atoms with Crippen LogP contribution >= 0.6 is 22.7 Å². The number of amides is 2. The van der Waals surface area contributed by atoms with Gasteiger partial charge in [0.15, 0.2) is 0 Å². The van der Waals surface area contributed by atoms with Crippen LogP contribution in [0.2, 0.25) is 0 Å². The Morgan fingerprint density at radius 1 is 0.378 bits per heavy atom. The van der Waals surface area contributed by atoms with E-state index in [4.69, 9.17) is 9.47 Å². The van der Waals surface area contributed by atoms with Crippen molar-refractivity contribution in [3.63, 3.8) is 0 Å². The average Bonchev–Trinajstić information content (AvgIpc) is 4.24. The minimum atomic E-state index is -0.0741. The second-order valence-corrected chi connectivity index (χ2v) is 24.6. The number of hydrogen-bond donors (Lipinski definition) is 0. The molecule has 2 unspecified atom stereocenters. The summed E-state index contributed by atoms with van der Waals surface area (Å²) in [5.41, 5.74) is 2.63. The van der Waals surface area contributed by atoms with E-state index in [0.717, 1.165) is 34.4 Å². The molecular weight excluding hydrogens is 949 g/mol. The highest BCUT2D eigenvalue weighted by Crippen LogP contribution is 2.48. The summed E-state index contributed by atoms with van der Waals surface area (Å²) < 4.78 is 13.1. The summed E-state index contributed by atoms with van der Waals surface area (Å²) >= 11 is 3.21. The van der Waals surface area contributed by atoms with Gasteiger partial charge in [0.05, 0.1) is 45.5 Å². The molecule has 0 bridgehead atoms. The second-order valence-electron chi connectivity index (χ2n) is 22.7. The first-order valence-corrected chi connectivity index (χ1v) is 33.7. The number of ether oxygens (including phenoxy) is 2. The number of hydrogen-bond acceptors (Lipinski definition) is 6. The van der Waals surface area contributed by atoms with Crippen LogP contribution in [0.25, 0.3) is 11.4 Å². The fourth-order valence-electron chi connectivity index (χ4n) is 11.6. The fraction of sp³-hybridized carbons (Fsp3) is 0.788. The Labute approximate surface area is 464 Å². The number of thiophene rings is 2. The Balaban J connectivity index is 1.35. The van der Waals surface area contributed by atoms with Crippen LogP contribution in [0.15, 0.2) is 46.2 Å². The van der Waals surface area contributed by atoms with E-state index < -0.39 is 0 Å². The Bertz CT molecular complexity index is 1610. The molecule has 2 amide bonds. The van der Waals surface area contributed by atoms with Gasteiger partial charge in [-0.3, -0.25) is 9.59 Å². The first-order valence-electron chi connectivity index (χ1n) is 31.9. The molecule has 2 aliphatic heterocycles. The van der Waals surface area contributed by atoms with Crippen molar-refractivity contribution in [1.29, 1.82) is 0 Å². The molecule has 0 fully saturated rings. The maximum absolute atomic E-state index is 14.9. The first kappa shape index (κ1) is 64.3. The zero-order valence-electron chi connectivity index (χ0n) is 48.5. The number of unbranched alkanes of at least 4 members (excludes halogenated alkanes) is 32. The van der Waals surface area contributed by atoms with Crippen molar-refractivity contribution in [2.45, 2.75) is 285 Å². The van der Waals surface area contributed by atoms with Crippen molar-refractivity contribution < 1.29 is 19.1 Å². The van der Waals surface area contributed by atoms with Crippen molar-refractivity contribution in [2.24, 2.45) is 11.8 Å². The summed E-state index contributed by atoms with van der Waals surface area (Å²) in [6.45, 7) is 12.5. The molecule has 2 aromatic rings. The molecule has 0 aliphatic carbocycles. The van der Waals surface area contributed by atoms with Crippen LogP contribution in [0.4, 0.5) is 0 Å². The lowest BCUT2D eigenvalue weighted by molar-refractivity contribution is -0.124. The highest BCUT2D eigenvalue weighted by molar-refractivity contribution is 7.11. The van der Waals surface area contributed by atoms with E-state index in [9.17, 15) is 9.59 Å². The molecule has 0 spiro atoms. The van der Waals surface area contributed by atoms with Crippen LogP contribution in [0, 0.1) is 11.8 Å². The van der Waals surface area contributed by atoms with Gasteiger partial charge in [0.2, 0.25) is 0 Å². The monoisotopic (exact) mass is 1060 g/mol. The molecule has 6 nitrogen and oxygen atoms in total. The fourth-order valence-corrected chi connectivity index (χ4v) is 13.1. The van der Waals surface area contributed by atoms with Gasteiger partial charge in [-0.1, -0.05) is 271 Å². The van der Waals surface area contributed by atoms with E-state index in [2.05, 4.69) is 50.6 Å². The van der Waals surface area contributed by atoms with Crippen LogP contribution in [-0.2, 0) is 19.1 Å². The highest BCUT2D eigenvalue weighted by Gasteiger charge is 2.49. The molecule has 0 N–H and O–H groups in total. The number of carbonyl (C=O) groups excluding carboxylic acids is 2. The van der Waals surface area contributed by atoms with E-state index in [1.54, 1.807) is 22.7 Å². The van der Waals surface area contributed by atoms with Crippen molar-refractivity contribution in [3.8, 4) is 0 Å². The SMILES string of the molecule is CCCCCCCCCCCCC(CCCCCCCCCC)COCCN1C(=O)C2=C(c3cccs3)N(CCOCC(CCCCCCCCCC)CCCCCCCCCCCC)C(=O)C2=C1c1cccs1. The summed E-state index contributed by atoms with van der Waals surface area (Å²) in [5, 5.41) is 4.11. The van der Waals surface area contributed by atoms with Gasteiger partial charge in [-0.2, -0.15) is 0 Å². The van der Waals surface area contributed by atoms with Gasteiger partial charge in [0, 0.05) is 26.3 Å². The third-order valence-electron chi connectivity index (χ3n) is 16.2. The Kier molecular flexibility index (Phi) is 37.1. The van der Waals surface area contributed by atoms with E-state index in [0.29, 0.717) is 49.3 Å². The molecule has 4 rings (SSSR count). The Hall–Kier alpha value is -2.26. The maximum Gasteiger partial charge on any atom is 0.261 e. The summed E-state index contributed by atoms with van der Waals surface area (Å²) in [5.74, 6) is 0.960. The summed E-state index contributed by atoms with van der Waals surface area (Å²) in [6.07, 6.45) is 53.6. The van der Waals surface area contributed by atoms with Gasteiger partial charge in [0.1, 0.15) is 0 Å². The molecule has 0 saturated heterocycles. The number of nitrogens with zero attached hydrogens (tertiary/aromatic N) is 2. The smallest absolute Gasteiger partial charge is 0.261 e. The van der Waals surface area contributed by atoms with Crippen LogP contribution in [0.3, 0.4) is 0 Å². The van der Waals surface area contributed by atoms with Crippen molar-refractivity contribution in [1.82, 2.24) is 9.80 Å². The van der Waals surface area contributed by atoms with Gasteiger partial charge in [-0.15, -0.1) is 22.7 Å². The predicted octanol–water partition coefficient (Wildman–Crippen LogP) is 20.6. The van der Waals surface area contributed by atoms with Crippen LogP contribution in [0.5, 0.6) is 0 Å². The maximum atomic E-state index is 14.9. The van der Waals surface area contributed by atoms with Gasteiger partial charge in [-0.25, -0.2) is 0 Å². The minimum absolute atomic E-state index is 0.0741. The average molecular weight is 1060 g/mol. The quantitative estimate of drug-likeness (QED) is 0.0620. The minimum Gasteiger partial charge on any atom is -0.379 e. The topological polar surface area (TPSA) is 59.1 Å².